The van der Waals surface area contributed by atoms with Gasteiger partial charge in [0.25, 0.3) is 10.0 Å². The first-order chi connectivity index (χ1) is 12.4. The van der Waals surface area contributed by atoms with Crippen LogP contribution in [0.1, 0.15) is 16.7 Å². The number of benzene rings is 3. The van der Waals surface area contributed by atoms with Crippen LogP contribution in [0.2, 0.25) is 0 Å². The van der Waals surface area contributed by atoms with Crippen molar-refractivity contribution < 1.29 is 13.5 Å². The van der Waals surface area contributed by atoms with Gasteiger partial charge in [-0.05, 0) is 49.2 Å². The maximum Gasteiger partial charge on any atom is 0.268 e. The van der Waals surface area contributed by atoms with E-state index in [-0.39, 0.29) is 11.5 Å². The summed E-state index contributed by atoms with van der Waals surface area (Å²) in [6.45, 7) is 3.73. The lowest BCUT2D eigenvalue weighted by Gasteiger charge is -2.10. The molecule has 0 unspecified atom stereocenters. The van der Waals surface area contributed by atoms with Crippen LogP contribution < -0.4 is 0 Å². The number of hydrogen-bond acceptors (Lipinski definition) is 3. The summed E-state index contributed by atoms with van der Waals surface area (Å²) in [5, 5.41) is 11.4. The van der Waals surface area contributed by atoms with Crippen molar-refractivity contribution in [1.82, 2.24) is 3.97 Å². The third-order valence-electron chi connectivity index (χ3n) is 4.73. The lowest BCUT2D eigenvalue weighted by Crippen LogP contribution is -2.13. The number of fused-ring (bicyclic) bond motifs is 3. The SMILES string of the molecule is Cc1ccc(S(=O)(=O)n2c3ccccc3c3c(C)cc(CO)cc32)cc1. The highest BCUT2D eigenvalue weighted by molar-refractivity contribution is 7.90. The zero-order chi connectivity index (χ0) is 18.5. The quantitative estimate of drug-likeness (QED) is 0.594. The predicted molar refractivity (Wildman–Crippen MR) is 104 cm³/mol. The van der Waals surface area contributed by atoms with E-state index in [1.54, 1.807) is 30.3 Å². The summed E-state index contributed by atoms with van der Waals surface area (Å²) in [6.07, 6.45) is 0. The summed E-state index contributed by atoms with van der Waals surface area (Å²) in [6, 6.07) is 18.0. The Morgan fingerprint density at radius 1 is 0.923 bits per heavy atom. The van der Waals surface area contributed by atoms with Gasteiger partial charge in [-0.25, -0.2) is 12.4 Å². The Morgan fingerprint density at radius 2 is 1.62 bits per heavy atom. The molecule has 0 aliphatic heterocycles. The normalized spacial score (nSPS) is 12.1. The third kappa shape index (κ3) is 2.43. The van der Waals surface area contributed by atoms with Crippen molar-refractivity contribution in [2.45, 2.75) is 25.3 Å². The first-order valence-electron chi connectivity index (χ1n) is 8.39. The minimum atomic E-state index is -3.77. The van der Waals surface area contributed by atoms with Gasteiger partial charge in [-0.15, -0.1) is 0 Å². The first-order valence-corrected chi connectivity index (χ1v) is 9.83. The van der Waals surface area contributed by atoms with E-state index in [0.29, 0.717) is 16.6 Å². The summed E-state index contributed by atoms with van der Waals surface area (Å²) >= 11 is 0. The molecule has 1 N–H and O–H groups in total. The van der Waals surface area contributed by atoms with Crippen molar-refractivity contribution in [2.24, 2.45) is 0 Å². The molecular formula is C21H19NO3S. The average Bonchev–Trinajstić information content (AvgIpc) is 2.97. The monoisotopic (exact) mass is 365 g/mol. The number of aromatic nitrogens is 1. The van der Waals surface area contributed by atoms with Crippen molar-refractivity contribution in [3.63, 3.8) is 0 Å². The van der Waals surface area contributed by atoms with Crippen molar-refractivity contribution >= 4 is 31.8 Å². The first kappa shape index (κ1) is 16.8. The second-order valence-corrected chi connectivity index (χ2v) is 8.35. The number of hydrogen-bond donors (Lipinski definition) is 1. The molecule has 4 rings (SSSR count). The Bertz CT molecular complexity index is 1240. The predicted octanol–water partition coefficient (Wildman–Crippen LogP) is 4.14. The summed E-state index contributed by atoms with van der Waals surface area (Å²) in [7, 11) is -3.77. The lowest BCUT2D eigenvalue weighted by molar-refractivity contribution is 0.282. The molecular weight excluding hydrogens is 346 g/mol. The molecule has 4 aromatic rings. The van der Waals surface area contributed by atoms with E-state index >= 15 is 0 Å². The Kier molecular flexibility index (Phi) is 3.86. The summed E-state index contributed by atoms with van der Waals surface area (Å²) in [4.78, 5) is 0.248. The molecule has 26 heavy (non-hydrogen) atoms. The molecule has 0 amide bonds. The van der Waals surface area contributed by atoms with Crippen molar-refractivity contribution in [1.29, 1.82) is 0 Å². The standard InChI is InChI=1S/C21H19NO3S/c1-14-7-9-17(10-8-14)26(24,25)22-19-6-4-3-5-18(19)21-15(2)11-16(13-23)12-20(21)22/h3-12,23H,13H2,1-2H3. The van der Waals surface area contributed by atoms with Crippen LogP contribution in [-0.2, 0) is 16.6 Å². The molecule has 3 aromatic carbocycles. The number of nitrogens with zero attached hydrogens (tertiary/aromatic N) is 1. The van der Waals surface area contributed by atoms with Gasteiger partial charge in [-0.1, -0.05) is 42.0 Å². The second-order valence-electron chi connectivity index (χ2n) is 6.56. The van der Waals surface area contributed by atoms with Crippen molar-refractivity contribution in [3.05, 3.63) is 77.4 Å². The van der Waals surface area contributed by atoms with Crippen molar-refractivity contribution in [3.8, 4) is 0 Å². The van der Waals surface area contributed by atoms with Crippen molar-refractivity contribution in [2.75, 3.05) is 0 Å². The van der Waals surface area contributed by atoms with Crippen LogP contribution in [0.25, 0.3) is 21.8 Å². The molecule has 0 radical (unpaired) electrons. The number of para-hydroxylation sites is 1. The van der Waals surface area contributed by atoms with Gasteiger partial charge in [0.15, 0.2) is 0 Å². The Morgan fingerprint density at radius 3 is 2.31 bits per heavy atom. The van der Waals surface area contributed by atoms with E-state index < -0.39 is 10.0 Å². The molecule has 0 bridgehead atoms. The van der Waals surface area contributed by atoms with Gasteiger partial charge in [0, 0.05) is 10.8 Å². The van der Waals surface area contributed by atoms with Crippen LogP contribution in [0.4, 0.5) is 0 Å². The van der Waals surface area contributed by atoms with Gasteiger partial charge in [-0.3, -0.25) is 0 Å². The molecule has 1 heterocycles. The topological polar surface area (TPSA) is 59.3 Å². The van der Waals surface area contributed by atoms with E-state index in [1.165, 1.54) is 3.97 Å². The fourth-order valence-electron chi connectivity index (χ4n) is 3.51. The van der Waals surface area contributed by atoms with Crippen LogP contribution in [0.15, 0.2) is 65.6 Å². The van der Waals surface area contributed by atoms with Gasteiger partial charge < -0.3 is 5.11 Å². The molecule has 1 aromatic heterocycles. The molecule has 0 atom stereocenters. The third-order valence-corrected chi connectivity index (χ3v) is 6.47. The minimum Gasteiger partial charge on any atom is -0.392 e. The van der Waals surface area contributed by atoms with Gasteiger partial charge in [0.05, 0.1) is 22.5 Å². The molecule has 4 nitrogen and oxygen atoms in total. The largest absolute Gasteiger partial charge is 0.392 e. The Balaban J connectivity index is 2.17. The summed E-state index contributed by atoms with van der Waals surface area (Å²) in [5.74, 6) is 0. The van der Waals surface area contributed by atoms with Gasteiger partial charge in [0.2, 0.25) is 0 Å². The molecule has 0 fully saturated rings. The number of aliphatic hydroxyl groups is 1. The smallest absolute Gasteiger partial charge is 0.268 e. The van der Waals surface area contributed by atoms with Gasteiger partial charge in [0.1, 0.15) is 0 Å². The highest BCUT2D eigenvalue weighted by Crippen LogP contribution is 2.35. The van der Waals surface area contributed by atoms with E-state index in [1.807, 2.05) is 44.2 Å². The second kappa shape index (κ2) is 5.97. The highest BCUT2D eigenvalue weighted by Gasteiger charge is 2.24. The van der Waals surface area contributed by atoms with E-state index in [4.69, 9.17) is 0 Å². The van der Waals surface area contributed by atoms with Crippen LogP contribution in [-0.4, -0.2) is 17.5 Å². The zero-order valence-corrected chi connectivity index (χ0v) is 15.4. The van der Waals surface area contributed by atoms with Crippen LogP contribution in [0, 0.1) is 13.8 Å². The van der Waals surface area contributed by atoms with Crippen LogP contribution in [0.5, 0.6) is 0 Å². The molecule has 0 aliphatic rings. The van der Waals surface area contributed by atoms with Crippen LogP contribution >= 0.6 is 0 Å². The zero-order valence-electron chi connectivity index (χ0n) is 14.6. The highest BCUT2D eigenvalue weighted by atomic mass is 32.2. The molecule has 5 heteroatoms. The summed E-state index contributed by atoms with van der Waals surface area (Å²) < 4.78 is 28.3. The molecule has 0 saturated carbocycles. The Hall–Kier alpha value is -2.63. The lowest BCUT2D eigenvalue weighted by atomic mass is 10.0. The van der Waals surface area contributed by atoms with E-state index in [0.717, 1.165) is 21.9 Å². The maximum atomic E-state index is 13.4. The van der Waals surface area contributed by atoms with E-state index in [9.17, 15) is 13.5 Å². The summed E-state index contributed by atoms with van der Waals surface area (Å²) in [5.41, 5.74) is 3.88. The van der Waals surface area contributed by atoms with Crippen LogP contribution in [0.3, 0.4) is 0 Å². The van der Waals surface area contributed by atoms with Gasteiger partial charge in [-0.2, -0.15) is 0 Å². The number of aliphatic hydroxyl groups excluding tert-OH is 1. The van der Waals surface area contributed by atoms with E-state index in [2.05, 4.69) is 0 Å². The molecule has 132 valence electrons. The fourth-order valence-corrected chi connectivity index (χ4v) is 5.02. The molecule has 0 aliphatic carbocycles. The average molecular weight is 365 g/mol. The fraction of sp³-hybridized carbons (Fsp3) is 0.143. The number of aryl methyl sites for hydroxylation is 2. The number of rotatable bonds is 3. The molecule has 0 spiro atoms. The maximum absolute atomic E-state index is 13.4. The molecule has 0 saturated heterocycles. The minimum absolute atomic E-state index is 0.136. The Labute approximate surface area is 152 Å². The van der Waals surface area contributed by atoms with Gasteiger partial charge >= 0.3 is 0 Å².